The molecule has 0 saturated carbocycles. The highest BCUT2D eigenvalue weighted by Gasteiger charge is 2.16. The van der Waals surface area contributed by atoms with Crippen molar-refractivity contribution in [1.29, 1.82) is 0 Å². The summed E-state index contributed by atoms with van der Waals surface area (Å²) in [7, 11) is -3.29. The molecule has 0 radical (unpaired) electrons. The second-order valence-electron chi connectivity index (χ2n) is 3.75. The van der Waals surface area contributed by atoms with E-state index in [2.05, 4.69) is 10.1 Å². The van der Waals surface area contributed by atoms with Crippen molar-refractivity contribution in [2.45, 2.75) is 5.75 Å². The van der Waals surface area contributed by atoms with Gasteiger partial charge in [-0.1, -0.05) is 5.16 Å². The van der Waals surface area contributed by atoms with Crippen LogP contribution in [0.2, 0.25) is 0 Å². The molecule has 0 aliphatic carbocycles. The van der Waals surface area contributed by atoms with E-state index in [1.807, 2.05) is 0 Å². The fourth-order valence-electron chi connectivity index (χ4n) is 1.34. The van der Waals surface area contributed by atoms with Crippen LogP contribution in [0.5, 0.6) is 5.75 Å². The van der Waals surface area contributed by atoms with Crippen LogP contribution in [0.3, 0.4) is 0 Å². The number of sulfone groups is 1. The highest BCUT2D eigenvalue weighted by Crippen LogP contribution is 2.28. The molecule has 6 nitrogen and oxygen atoms in total. The Hall–Kier alpha value is -1.96. The average molecular weight is 272 g/mol. The van der Waals surface area contributed by atoms with E-state index in [0.717, 1.165) is 24.5 Å². The Bertz CT molecular complexity index is 681. The minimum atomic E-state index is -3.29. The number of aromatic hydroxyl groups is 1. The SMILES string of the molecule is CS(=O)(=O)Cc1noc(-c2cc(F)ccc2O)n1. The van der Waals surface area contributed by atoms with E-state index in [1.54, 1.807) is 0 Å². The van der Waals surface area contributed by atoms with Gasteiger partial charge in [0.1, 0.15) is 17.3 Å². The molecule has 1 aromatic carbocycles. The quantitative estimate of drug-likeness (QED) is 0.900. The number of nitrogens with zero attached hydrogens (tertiary/aromatic N) is 2. The largest absolute Gasteiger partial charge is 0.507 e. The lowest BCUT2D eigenvalue weighted by molar-refractivity contribution is 0.418. The van der Waals surface area contributed by atoms with Crippen molar-refractivity contribution in [2.75, 3.05) is 6.26 Å². The van der Waals surface area contributed by atoms with Crippen molar-refractivity contribution < 1.29 is 22.4 Å². The Balaban J connectivity index is 2.38. The molecular formula is C10H9FN2O4S. The van der Waals surface area contributed by atoms with E-state index >= 15 is 0 Å². The monoisotopic (exact) mass is 272 g/mol. The van der Waals surface area contributed by atoms with Gasteiger partial charge < -0.3 is 9.63 Å². The summed E-state index contributed by atoms with van der Waals surface area (Å²) in [5.41, 5.74) is 0.0160. The molecule has 18 heavy (non-hydrogen) atoms. The van der Waals surface area contributed by atoms with Crippen LogP contribution in [-0.4, -0.2) is 29.9 Å². The molecule has 1 heterocycles. The van der Waals surface area contributed by atoms with Gasteiger partial charge in [-0.25, -0.2) is 12.8 Å². The predicted octanol–water partition coefficient (Wildman–Crippen LogP) is 1.13. The highest BCUT2D eigenvalue weighted by atomic mass is 32.2. The van der Waals surface area contributed by atoms with Crippen molar-refractivity contribution >= 4 is 9.84 Å². The lowest BCUT2D eigenvalue weighted by Gasteiger charge is -1.98. The maximum Gasteiger partial charge on any atom is 0.261 e. The van der Waals surface area contributed by atoms with E-state index in [1.165, 1.54) is 0 Å². The van der Waals surface area contributed by atoms with Gasteiger partial charge in [-0.3, -0.25) is 0 Å². The Kier molecular flexibility index (Phi) is 3.04. The van der Waals surface area contributed by atoms with Gasteiger partial charge in [0, 0.05) is 6.26 Å². The number of aromatic nitrogens is 2. The molecule has 0 aliphatic rings. The van der Waals surface area contributed by atoms with Gasteiger partial charge in [-0.15, -0.1) is 0 Å². The molecule has 0 aliphatic heterocycles. The first-order valence-corrected chi connectivity index (χ1v) is 6.90. The molecule has 96 valence electrons. The Morgan fingerprint density at radius 2 is 2.17 bits per heavy atom. The third kappa shape index (κ3) is 2.83. The van der Waals surface area contributed by atoms with E-state index in [9.17, 15) is 17.9 Å². The highest BCUT2D eigenvalue weighted by molar-refractivity contribution is 7.89. The van der Waals surface area contributed by atoms with E-state index in [-0.39, 0.29) is 28.8 Å². The minimum absolute atomic E-state index is 0.0160. The first-order valence-electron chi connectivity index (χ1n) is 4.84. The van der Waals surface area contributed by atoms with Crippen molar-refractivity contribution in [3.63, 3.8) is 0 Å². The van der Waals surface area contributed by atoms with Gasteiger partial charge in [0.05, 0.1) is 5.56 Å². The fraction of sp³-hybridized carbons (Fsp3) is 0.200. The molecule has 2 aromatic rings. The standard InChI is InChI=1S/C10H9FN2O4S/c1-18(15,16)5-9-12-10(17-13-9)7-4-6(11)2-3-8(7)14/h2-4,14H,5H2,1H3. The van der Waals surface area contributed by atoms with E-state index < -0.39 is 15.7 Å². The molecule has 0 spiro atoms. The predicted molar refractivity (Wildman–Crippen MR) is 59.9 cm³/mol. The molecule has 0 unspecified atom stereocenters. The number of hydrogen-bond acceptors (Lipinski definition) is 6. The summed E-state index contributed by atoms with van der Waals surface area (Å²) in [6, 6.07) is 3.24. The van der Waals surface area contributed by atoms with Crippen LogP contribution in [0.25, 0.3) is 11.5 Å². The number of benzene rings is 1. The van der Waals surface area contributed by atoms with Crippen LogP contribution < -0.4 is 0 Å². The summed E-state index contributed by atoms with van der Waals surface area (Å²) in [4.78, 5) is 3.78. The van der Waals surface area contributed by atoms with E-state index in [0.29, 0.717) is 0 Å². The summed E-state index contributed by atoms with van der Waals surface area (Å²) < 4.78 is 39.9. The number of rotatable bonds is 3. The topological polar surface area (TPSA) is 93.3 Å². The van der Waals surface area contributed by atoms with Crippen LogP contribution in [0, 0.1) is 5.82 Å². The summed E-state index contributed by atoms with van der Waals surface area (Å²) in [6.45, 7) is 0. The molecule has 1 aromatic heterocycles. The third-order valence-corrected chi connectivity index (χ3v) is 2.83. The van der Waals surface area contributed by atoms with E-state index in [4.69, 9.17) is 4.52 Å². The van der Waals surface area contributed by atoms with Crippen LogP contribution in [0.15, 0.2) is 22.7 Å². The molecule has 0 amide bonds. The van der Waals surface area contributed by atoms with Gasteiger partial charge >= 0.3 is 0 Å². The summed E-state index contributed by atoms with van der Waals surface area (Å²) >= 11 is 0. The molecule has 0 bridgehead atoms. The zero-order valence-electron chi connectivity index (χ0n) is 9.29. The first-order chi connectivity index (χ1) is 8.35. The second kappa shape index (κ2) is 4.37. The molecule has 8 heteroatoms. The molecule has 0 atom stereocenters. The average Bonchev–Trinajstić information content (AvgIpc) is 2.67. The Morgan fingerprint density at radius 3 is 2.83 bits per heavy atom. The van der Waals surface area contributed by atoms with Gasteiger partial charge in [-0.2, -0.15) is 4.98 Å². The lowest BCUT2D eigenvalue weighted by atomic mass is 10.2. The van der Waals surface area contributed by atoms with Gasteiger partial charge in [0.25, 0.3) is 5.89 Å². The number of phenols is 1. The Morgan fingerprint density at radius 1 is 1.44 bits per heavy atom. The van der Waals surface area contributed by atoms with Crippen LogP contribution in [0.4, 0.5) is 4.39 Å². The number of halogens is 1. The third-order valence-electron chi connectivity index (χ3n) is 2.05. The summed E-state index contributed by atoms with van der Waals surface area (Å²) in [5, 5.41) is 13.0. The number of hydrogen-bond donors (Lipinski definition) is 1. The molecule has 0 fully saturated rings. The zero-order valence-corrected chi connectivity index (χ0v) is 10.1. The van der Waals surface area contributed by atoms with Crippen LogP contribution in [0.1, 0.15) is 5.82 Å². The van der Waals surface area contributed by atoms with Crippen LogP contribution in [-0.2, 0) is 15.6 Å². The van der Waals surface area contributed by atoms with Gasteiger partial charge in [-0.05, 0) is 18.2 Å². The maximum atomic E-state index is 13.0. The molecular weight excluding hydrogens is 263 g/mol. The first kappa shape index (κ1) is 12.5. The van der Waals surface area contributed by atoms with Crippen molar-refractivity contribution in [2.24, 2.45) is 0 Å². The normalized spacial score (nSPS) is 11.7. The Labute approximate surface area is 102 Å². The molecule has 1 N–H and O–H groups in total. The minimum Gasteiger partial charge on any atom is -0.507 e. The van der Waals surface area contributed by atoms with Crippen molar-refractivity contribution in [3.8, 4) is 17.2 Å². The molecule has 2 rings (SSSR count). The fourth-order valence-corrected chi connectivity index (χ4v) is 1.92. The summed E-state index contributed by atoms with van der Waals surface area (Å²) in [5.74, 6) is -1.37. The smallest absolute Gasteiger partial charge is 0.261 e. The number of phenolic OH excluding ortho intramolecular Hbond substituents is 1. The second-order valence-corrected chi connectivity index (χ2v) is 5.89. The maximum absolute atomic E-state index is 13.0. The van der Waals surface area contributed by atoms with Gasteiger partial charge in [0.15, 0.2) is 15.7 Å². The molecule has 0 saturated heterocycles. The summed E-state index contributed by atoms with van der Waals surface area (Å²) in [6.07, 6.45) is 1.03. The lowest BCUT2D eigenvalue weighted by Crippen LogP contribution is -2.02. The van der Waals surface area contributed by atoms with Crippen LogP contribution >= 0.6 is 0 Å². The zero-order chi connectivity index (χ0) is 13.3. The van der Waals surface area contributed by atoms with Crippen molar-refractivity contribution in [1.82, 2.24) is 10.1 Å². The van der Waals surface area contributed by atoms with Gasteiger partial charge in [0.2, 0.25) is 0 Å². The van der Waals surface area contributed by atoms with Crippen molar-refractivity contribution in [3.05, 3.63) is 29.8 Å².